The third-order valence-electron chi connectivity index (χ3n) is 5.90. The lowest BCUT2D eigenvalue weighted by atomic mass is 9.74. The number of fused-ring (bicyclic) bond motifs is 1. The second kappa shape index (κ2) is 4.59. The third kappa shape index (κ3) is 1.88. The molecule has 0 bridgehead atoms. The first-order valence-electron chi connectivity index (χ1n) is 8.57. The molecule has 1 fully saturated rings. The molecule has 1 aromatic rings. The molecule has 1 spiro atoms. The van der Waals surface area contributed by atoms with Gasteiger partial charge in [-0.2, -0.15) is 0 Å². The van der Waals surface area contributed by atoms with Gasteiger partial charge in [0, 0.05) is 5.54 Å². The Balaban J connectivity index is 1.88. The second-order valence-corrected chi connectivity index (χ2v) is 7.51. The molecule has 1 aromatic carbocycles. The van der Waals surface area contributed by atoms with Crippen LogP contribution in [0, 0.1) is 6.92 Å². The van der Waals surface area contributed by atoms with E-state index in [2.05, 4.69) is 30.9 Å². The summed E-state index contributed by atoms with van der Waals surface area (Å²) in [4.78, 5) is 15.0. The molecule has 2 nitrogen and oxygen atoms in total. The first-order valence-corrected chi connectivity index (χ1v) is 8.57. The molecule has 21 heavy (non-hydrogen) atoms. The molecule has 0 N–H and O–H groups in total. The normalized spacial score (nSPS) is 26.9. The van der Waals surface area contributed by atoms with Crippen molar-refractivity contribution in [2.45, 2.75) is 76.7 Å². The second-order valence-electron chi connectivity index (χ2n) is 7.51. The standard InChI is InChI=1S/C19H25NO/c1-13-9-15-11-17(21)20-18(15)16(10-13)14(2)12-19(20)7-5-3-4-6-8-19/h9-10,14H,3-8,11-12H2,1-2H3. The number of anilines is 1. The van der Waals surface area contributed by atoms with Crippen LogP contribution in [0.3, 0.4) is 0 Å². The number of carbonyl (C=O) groups excluding carboxylic acids is 1. The van der Waals surface area contributed by atoms with Crippen LogP contribution in [0.15, 0.2) is 12.1 Å². The van der Waals surface area contributed by atoms with Crippen LogP contribution in [0.25, 0.3) is 0 Å². The number of nitrogens with zero attached hydrogens (tertiary/aromatic N) is 1. The molecule has 1 saturated carbocycles. The predicted molar refractivity (Wildman–Crippen MR) is 85.8 cm³/mol. The van der Waals surface area contributed by atoms with Crippen molar-refractivity contribution in [2.75, 3.05) is 4.90 Å². The molecule has 1 aliphatic carbocycles. The number of carbonyl (C=O) groups is 1. The Hall–Kier alpha value is -1.31. The molecule has 2 aliphatic heterocycles. The summed E-state index contributed by atoms with van der Waals surface area (Å²) in [5, 5.41) is 0. The largest absolute Gasteiger partial charge is 0.305 e. The highest BCUT2D eigenvalue weighted by Gasteiger charge is 2.49. The van der Waals surface area contributed by atoms with Crippen LogP contribution in [0.5, 0.6) is 0 Å². The summed E-state index contributed by atoms with van der Waals surface area (Å²) < 4.78 is 0. The van der Waals surface area contributed by atoms with Crippen molar-refractivity contribution in [1.29, 1.82) is 0 Å². The molecular formula is C19H25NO. The van der Waals surface area contributed by atoms with Gasteiger partial charge in [0.25, 0.3) is 0 Å². The first-order chi connectivity index (χ1) is 10.1. The molecular weight excluding hydrogens is 258 g/mol. The van der Waals surface area contributed by atoms with E-state index in [0.29, 0.717) is 18.2 Å². The molecule has 112 valence electrons. The van der Waals surface area contributed by atoms with Crippen molar-refractivity contribution in [3.8, 4) is 0 Å². The van der Waals surface area contributed by atoms with Gasteiger partial charge in [-0.25, -0.2) is 0 Å². The first kappa shape index (κ1) is 13.4. The van der Waals surface area contributed by atoms with Gasteiger partial charge in [0.1, 0.15) is 0 Å². The number of benzene rings is 1. The lowest BCUT2D eigenvalue weighted by molar-refractivity contribution is -0.118. The van der Waals surface area contributed by atoms with Crippen molar-refractivity contribution in [1.82, 2.24) is 0 Å². The Morgan fingerprint density at radius 2 is 1.86 bits per heavy atom. The average molecular weight is 283 g/mol. The molecule has 0 aromatic heterocycles. The molecule has 0 radical (unpaired) electrons. The minimum atomic E-state index is 0.126. The van der Waals surface area contributed by atoms with Gasteiger partial charge in [-0.15, -0.1) is 0 Å². The molecule has 4 rings (SSSR count). The summed E-state index contributed by atoms with van der Waals surface area (Å²) in [5.74, 6) is 0.935. The summed E-state index contributed by atoms with van der Waals surface area (Å²) in [6, 6.07) is 4.55. The molecule has 0 saturated heterocycles. The van der Waals surface area contributed by atoms with Crippen molar-refractivity contribution in [3.63, 3.8) is 0 Å². The monoisotopic (exact) mass is 283 g/mol. The van der Waals surface area contributed by atoms with Crippen LogP contribution in [0.2, 0.25) is 0 Å². The van der Waals surface area contributed by atoms with Crippen molar-refractivity contribution in [2.24, 2.45) is 0 Å². The molecule has 1 amide bonds. The predicted octanol–water partition coefficient (Wildman–Crippen LogP) is 4.48. The van der Waals surface area contributed by atoms with E-state index < -0.39 is 0 Å². The van der Waals surface area contributed by atoms with E-state index in [1.165, 1.54) is 60.9 Å². The quantitative estimate of drug-likeness (QED) is 0.687. The maximum atomic E-state index is 12.8. The van der Waals surface area contributed by atoms with Gasteiger partial charge in [0.15, 0.2) is 0 Å². The fourth-order valence-corrected chi connectivity index (χ4v) is 5.12. The topological polar surface area (TPSA) is 20.3 Å². The number of rotatable bonds is 0. The van der Waals surface area contributed by atoms with E-state index in [9.17, 15) is 4.79 Å². The summed E-state index contributed by atoms with van der Waals surface area (Å²) in [5.41, 5.74) is 5.43. The van der Waals surface area contributed by atoms with Crippen LogP contribution in [-0.2, 0) is 11.2 Å². The Morgan fingerprint density at radius 1 is 1.14 bits per heavy atom. The number of aryl methyl sites for hydroxylation is 1. The highest BCUT2D eigenvalue weighted by molar-refractivity contribution is 6.04. The van der Waals surface area contributed by atoms with Gasteiger partial charge in [0.2, 0.25) is 5.91 Å². The van der Waals surface area contributed by atoms with E-state index in [0.717, 1.165) is 6.42 Å². The van der Waals surface area contributed by atoms with Crippen LogP contribution in [-0.4, -0.2) is 11.4 Å². The van der Waals surface area contributed by atoms with Crippen LogP contribution < -0.4 is 4.90 Å². The maximum absolute atomic E-state index is 12.8. The van der Waals surface area contributed by atoms with E-state index in [1.807, 2.05) is 0 Å². The zero-order valence-electron chi connectivity index (χ0n) is 13.2. The zero-order chi connectivity index (χ0) is 14.6. The molecule has 3 aliphatic rings. The fraction of sp³-hybridized carbons (Fsp3) is 0.632. The average Bonchev–Trinajstić information content (AvgIpc) is 2.62. The van der Waals surface area contributed by atoms with Gasteiger partial charge in [-0.3, -0.25) is 4.79 Å². The summed E-state index contributed by atoms with van der Waals surface area (Å²) in [7, 11) is 0. The number of hydrogen-bond donors (Lipinski definition) is 0. The van der Waals surface area contributed by atoms with Gasteiger partial charge in [-0.1, -0.05) is 50.3 Å². The lowest BCUT2D eigenvalue weighted by Crippen LogP contribution is -2.53. The Morgan fingerprint density at radius 3 is 2.57 bits per heavy atom. The lowest BCUT2D eigenvalue weighted by Gasteiger charge is -2.48. The Bertz CT molecular complexity index is 596. The number of amides is 1. The summed E-state index contributed by atoms with van der Waals surface area (Å²) in [6.45, 7) is 4.52. The minimum Gasteiger partial charge on any atom is -0.305 e. The smallest absolute Gasteiger partial charge is 0.232 e. The highest BCUT2D eigenvalue weighted by atomic mass is 16.2. The van der Waals surface area contributed by atoms with E-state index in [4.69, 9.17) is 0 Å². The van der Waals surface area contributed by atoms with E-state index in [1.54, 1.807) is 0 Å². The highest BCUT2D eigenvalue weighted by Crippen LogP contribution is 2.53. The number of hydrogen-bond acceptors (Lipinski definition) is 1. The zero-order valence-corrected chi connectivity index (χ0v) is 13.2. The van der Waals surface area contributed by atoms with E-state index in [-0.39, 0.29) is 5.54 Å². The SMILES string of the molecule is Cc1cc2c3c(c1)C(C)CC1(CCCCCC1)N3C(=O)C2. The van der Waals surface area contributed by atoms with E-state index >= 15 is 0 Å². The minimum absolute atomic E-state index is 0.126. The fourth-order valence-electron chi connectivity index (χ4n) is 5.12. The molecule has 2 heteroatoms. The maximum Gasteiger partial charge on any atom is 0.232 e. The van der Waals surface area contributed by atoms with Crippen molar-refractivity contribution >= 4 is 11.6 Å². The van der Waals surface area contributed by atoms with Gasteiger partial charge < -0.3 is 4.90 Å². The third-order valence-corrected chi connectivity index (χ3v) is 5.90. The summed E-state index contributed by atoms with van der Waals surface area (Å²) in [6.07, 6.45) is 9.44. The van der Waals surface area contributed by atoms with Gasteiger partial charge in [0.05, 0.1) is 12.1 Å². The van der Waals surface area contributed by atoms with Crippen molar-refractivity contribution in [3.05, 3.63) is 28.8 Å². The van der Waals surface area contributed by atoms with Crippen molar-refractivity contribution < 1.29 is 4.79 Å². The Kier molecular flexibility index (Phi) is 2.92. The molecule has 1 unspecified atom stereocenters. The van der Waals surface area contributed by atoms with Gasteiger partial charge >= 0.3 is 0 Å². The molecule has 1 atom stereocenters. The van der Waals surface area contributed by atoms with Crippen LogP contribution >= 0.6 is 0 Å². The van der Waals surface area contributed by atoms with Gasteiger partial charge in [-0.05, 0) is 43.2 Å². The summed E-state index contributed by atoms with van der Waals surface area (Å²) >= 11 is 0. The molecule has 2 heterocycles. The van der Waals surface area contributed by atoms with Crippen LogP contribution in [0.1, 0.15) is 74.5 Å². The van der Waals surface area contributed by atoms with Crippen LogP contribution in [0.4, 0.5) is 5.69 Å². The Labute approximate surface area is 127 Å².